The lowest BCUT2D eigenvalue weighted by Crippen LogP contribution is -2.48. The molecule has 0 bridgehead atoms. The summed E-state index contributed by atoms with van der Waals surface area (Å²) in [5.41, 5.74) is 0.654. The van der Waals surface area contributed by atoms with Crippen molar-refractivity contribution in [1.29, 1.82) is 0 Å². The van der Waals surface area contributed by atoms with Crippen molar-refractivity contribution in [3.05, 3.63) is 47.0 Å². The fourth-order valence-corrected chi connectivity index (χ4v) is 4.86. The van der Waals surface area contributed by atoms with Gasteiger partial charge in [0.05, 0.1) is 17.1 Å². The number of H-pyrrole nitrogens is 1. The quantitative estimate of drug-likeness (QED) is 0.764. The molecular weight excluding hydrogens is 388 g/mol. The summed E-state index contributed by atoms with van der Waals surface area (Å²) in [7, 11) is -3.90. The van der Waals surface area contributed by atoms with Crippen LogP contribution in [0.15, 0.2) is 35.4 Å². The van der Waals surface area contributed by atoms with Gasteiger partial charge in [-0.05, 0) is 43.5 Å². The number of nitrogens with one attached hydrogen (secondary N) is 2. The number of hydrogen-bond donors (Lipinski definition) is 2. The van der Waals surface area contributed by atoms with Crippen molar-refractivity contribution >= 4 is 27.5 Å². The number of aromatic amines is 1. The second kappa shape index (κ2) is 8.41. The second-order valence-corrected chi connectivity index (χ2v) is 8.84. The molecule has 0 spiro atoms. The van der Waals surface area contributed by atoms with Gasteiger partial charge in [0.15, 0.2) is 0 Å². The number of aromatic nitrogens is 2. The van der Waals surface area contributed by atoms with E-state index in [1.165, 1.54) is 28.6 Å². The Bertz CT molecular complexity index is 896. The highest BCUT2D eigenvalue weighted by Gasteiger charge is 2.36. The third-order valence-corrected chi connectivity index (χ3v) is 6.74. The molecule has 0 aliphatic carbocycles. The largest absolute Gasteiger partial charge is 0.355 e. The monoisotopic (exact) mass is 410 g/mol. The molecule has 1 fully saturated rings. The van der Waals surface area contributed by atoms with Gasteiger partial charge >= 0.3 is 0 Å². The van der Waals surface area contributed by atoms with Crippen LogP contribution in [0.3, 0.4) is 0 Å². The van der Waals surface area contributed by atoms with Crippen molar-refractivity contribution in [1.82, 2.24) is 19.6 Å². The van der Waals surface area contributed by atoms with Crippen LogP contribution < -0.4 is 5.32 Å². The van der Waals surface area contributed by atoms with Crippen molar-refractivity contribution in [2.45, 2.75) is 50.1 Å². The number of aryl methyl sites for hydroxylation is 1. The number of carbonyl (C=O) groups excluding carboxylic acids is 1. The van der Waals surface area contributed by atoms with Gasteiger partial charge in [0.1, 0.15) is 11.9 Å². The molecule has 2 aromatic rings. The zero-order valence-corrected chi connectivity index (χ0v) is 16.7. The maximum absolute atomic E-state index is 13.3. The van der Waals surface area contributed by atoms with E-state index in [0.717, 1.165) is 18.7 Å². The smallest absolute Gasteiger partial charge is 0.244 e. The van der Waals surface area contributed by atoms with E-state index in [0.29, 0.717) is 30.1 Å². The summed E-state index contributed by atoms with van der Waals surface area (Å²) in [5, 5.41) is 3.27. The molecular formula is C18H23ClN4O3S. The Balaban J connectivity index is 1.99. The zero-order valence-electron chi connectivity index (χ0n) is 15.1. The average Bonchev–Trinajstić information content (AvgIpc) is 3.01. The number of imidazole rings is 1. The lowest BCUT2D eigenvalue weighted by atomic mass is 10.1. The zero-order chi connectivity index (χ0) is 19.4. The number of carbonyl (C=O) groups is 1. The van der Waals surface area contributed by atoms with Crippen LogP contribution >= 0.6 is 11.6 Å². The number of benzene rings is 1. The van der Waals surface area contributed by atoms with E-state index < -0.39 is 16.1 Å². The van der Waals surface area contributed by atoms with Crippen molar-refractivity contribution in [3.8, 4) is 0 Å². The molecule has 1 aliphatic heterocycles. The third-order valence-electron chi connectivity index (χ3n) is 4.62. The Hall–Kier alpha value is -1.90. The summed E-state index contributed by atoms with van der Waals surface area (Å²) in [6.45, 7) is 2.58. The minimum Gasteiger partial charge on any atom is -0.355 e. The fourth-order valence-electron chi connectivity index (χ4n) is 3.14. The maximum Gasteiger partial charge on any atom is 0.244 e. The number of amides is 1. The van der Waals surface area contributed by atoms with Gasteiger partial charge in [0.2, 0.25) is 15.9 Å². The molecule has 1 amide bonds. The van der Waals surface area contributed by atoms with Crippen LogP contribution in [0.25, 0.3) is 0 Å². The SMILES string of the molecule is CCc1ncc(CN([C@@H]2CCCCNC2=O)S(=O)(=O)c2ccc(Cl)cc2)[nH]1. The minimum atomic E-state index is -3.90. The first-order chi connectivity index (χ1) is 12.9. The lowest BCUT2D eigenvalue weighted by molar-refractivity contribution is -0.124. The van der Waals surface area contributed by atoms with Crippen LogP contribution in [0.4, 0.5) is 0 Å². The predicted octanol–water partition coefficient (Wildman–Crippen LogP) is 2.49. The molecule has 7 nitrogen and oxygen atoms in total. The van der Waals surface area contributed by atoms with Crippen molar-refractivity contribution in [3.63, 3.8) is 0 Å². The average molecular weight is 411 g/mol. The van der Waals surface area contributed by atoms with Gasteiger partial charge in [0.25, 0.3) is 0 Å². The van der Waals surface area contributed by atoms with E-state index in [9.17, 15) is 13.2 Å². The highest BCUT2D eigenvalue weighted by atomic mass is 35.5. The van der Waals surface area contributed by atoms with Gasteiger partial charge in [0, 0.05) is 24.2 Å². The summed E-state index contributed by atoms with van der Waals surface area (Å²) in [4.78, 5) is 20.1. The highest BCUT2D eigenvalue weighted by Crippen LogP contribution is 2.25. The van der Waals surface area contributed by atoms with E-state index in [2.05, 4.69) is 15.3 Å². The van der Waals surface area contributed by atoms with Crippen LogP contribution in [0, 0.1) is 0 Å². The molecule has 1 saturated heterocycles. The molecule has 2 N–H and O–H groups in total. The summed E-state index contributed by atoms with van der Waals surface area (Å²) in [5.74, 6) is 0.513. The second-order valence-electron chi connectivity index (χ2n) is 6.52. The van der Waals surface area contributed by atoms with Gasteiger partial charge in [-0.2, -0.15) is 4.31 Å². The predicted molar refractivity (Wildman–Crippen MR) is 103 cm³/mol. The van der Waals surface area contributed by atoms with Crippen LogP contribution in [0.1, 0.15) is 37.7 Å². The minimum absolute atomic E-state index is 0.0516. The molecule has 0 saturated carbocycles. The number of rotatable bonds is 6. The van der Waals surface area contributed by atoms with Gasteiger partial charge in [-0.1, -0.05) is 18.5 Å². The molecule has 0 radical (unpaired) electrons. The summed E-state index contributed by atoms with van der Waals surface area (Å²) in [6, 6.07) is 5.23. The van der Waals surface area contributed by atoms with Crippen molar-refractivity contribution < 1.29 is 13.2 Å². The Kier molecular flexibility index (Phi) is 6.18. The van der Waals surface area contributed by atoms with E-state index in [4.69, 9.17) is 11.6 Å². The van der Waals surface area contributed by atoms with Crippen LogP contribution in [-0.2, 0) is 27.8 Å². The van der Waals surface area contributed by atoms with Crippen LogP contribution in [0.5, 0.6) is 0 Å². The molecule has 9 heteroatoms. The summed E-state index contributed by atoms with van der Waals surface area (Å²) >= 11 is 5.90. The summed E-state index contributed by atoms with van der Waals surface area (Å²) < 4.78 is 28.0. The molecule has 1 atom stereocenters. The molecule has 3 rings (SSSR count). The third kappa shape index (κ3) is 4.51. The molecule has 1 aromatic heterocycles. The number of sulfonamides is 1. The normalized spacial score (nSPS) is 18.3. The first kappa shape index (κ1) is 19.9. The van der Waals surface area contributed by atoms with E-state index in [1.54, 1.807) is 6.20 Å². The topological polar surface area (TPSA) is 95.2 Å². The van der Waals surface area contributed by atoms with Crippen molar-refractivity contribution in [2.75, 3.05) is 6.54 Å². The highest BCUT2D eigenvalue weighted by molar-refractivity contribution is 7.89. The lowest BCUT2D eigenvalue weighted by Gasteiger charge is -2.28. The number of nitrogens with zero attached hydrogens (tertiary/aromatic N) is 2. The van der Waals surface area contributed by atoms with E-state index in [1.807, 2.05) is 6.92 Å². The van der Waals surface area contributed by atoms with Crippen LogP contribution in [0.2, 0.25) is 5.02 Å². The molecule has 1 aliphatic rings. The standard InChI is InChI=1S/C18H23ClN4O3S/c1-2-17-21-11-14(22-17)12-23(16-5-3-4-10-20-18(16)24)27(25,26)15-8-6-13(19)7-9-15/h6-9,11,16H,2-5,10,12H2,1H3,(H,20,24)(H,21,22)/t16-/m1/s1. The first-order valence-corrected chi connectivity index (χ1v) is 10.8. The molecule has 2 heterocycles. The Morgan fingerprint density at radius 1 is 1.26 bits per heavy atom. The molecule has 0 unspecified atom stereocenters. The van der Waals surface area contributed by atoms with Gasteiger partial charge in [-0.25, -0.2) is 13.4 Å². The Morgan fingerprint density at radius 3 is 2.67 bits per heavy atom. The maximum atomic E-state index is 13.3. The first-order valence-electron chi connectivity index (χ1n) is 8.99. The summed E-state index contributed by atoms with van der Waals surface area (Å²) in [6.07, 6.45) is 4.43. The number of halogens is 1. The van der Waals surface area contributed by atoms with E-state index >= 15 is 0 Å². The van der Waals surface area contributed by atoms with Gasteiger partial charge < -0.3 is 10.3 Å². The van der Waals surface area contributed by atoms with Gasteiger partial charge in [-0.3, -0.25) is 4.79 Å². The van der Waals surface area contributed by atoms with Gasteiger partial charge in [-0.15, -0.1) is 0 Å². The molecule has 27 heavy (non-hydrogen) atoms. The van der Waals surface area contributed by atoms with Crippen LogP contribution in [-0.4, -0.2) is 41.2 Å². The molecule has 1 aromatic carbocycles. The molecule has 146 valence electrons. The Morgan fingerprint density at radius 2 is 2.00 bits per heavy atom. The van der Waals surface area contributed by atoms with Crippen molar-refractivity contribution in [2.24, 2.45) is 0 Å². The fraction of sp³-hybridized carbons (Fsp3) is 0.444. The van der Waals surface area contributed by atoms with E-state index in [-0.39, 0.29) is 17.3 Å². The Labute approximate surface area is 164 Å². The number of hydrogen-bond acceptors (Lipinski definition) is 4.